The SMILES string of the molecule is CCN(CC)P(OC(C)(C)C)OC(C)(C)C.CCN[C@H]1CCc2cc(OC)c(OC)c(OC)c2-c2ccc(CO)cc21.CCN[C@H]1CCc2cc(OC)c(OC)c(OC)c2-c2ccc(COP(=O)(OC(C)(C)C)OC(C)(C)C)cc21. The van der Waals surface area contributed by atoms with Crippen molar-refractivity contribution >= 4 is 16.3 Å². The van der Waals surface area contributed by atoms with Crippen LogP contribution in [-0.2, 0) is 53.2 Å². The molecule has 2 aliphatic rings. The van der Waals surface area contributed by atoms with Crippen LogP contribution in [0, 0.1) is 0 Å². The van der Waals surface area contributed by atoms with Crippen LogP contribution in [0.4, 0.5) is 0 Å². The average Bonchev–Trinajstić information content (AvgIpc) is 3.67. The summed E-state index contributed by atoms with van der Waals surface area (Å²) in [4.78, 5) is 0. The molecule has 450 valence electrons. The van der Waals surface area contributed by atoms with E-state index < -0.39 is 27.6 Å². The van der Waals surface area contributed by atoms with Gasteiger partial charge in [0.2, 0.25) is 11.5 Å². The second kappa shape index (κ2) is 30.0. The lowest BCUT2D eigenvalue weighted by molar-refractivity contribution is 0.000786. The molecule has 0 aliphatic heterocycles. The van der Waals surface area contributed by atoms with E-state index in [1.165, 1.54) is 11.1 Å². The van der Waals surface area contributed by atoms with E-state index in [4.69, 9.17) is 51.0 Å². The second-order valence-corrected chi connectivity index (χ2v) is 26.5. The number of ether oxygens (including phenoxy) is 6. The van der Waals surface area contributed by atoms with Crippen molar-refractivity contribution in [2.24, 2.45) is 0 Å². The van der Waals surface area contributed by atoms with E-state index in [1.807, 2.05) is 59.7 Å². The van der Waals surface area contributed by atoms with Crippen molar-refractivity contribution in [2.45, 2.75) is 184 Å². The number of nitrogens with one attached hydrogen (secondary N) is 2. The number of phosphoric acid groups is 1. The molecule has 3 N–H and O–H groups in total. The van der Waals surface area contributed by atoms with E-state index in [0.29, 0.717) is 34.5 Å². The summed E-state index contributed by atoms with van der Waals surface area (Å²) < 4.78 is 79.4. The normalized spacial score (nSPS) is 15.4. The van der Waals surface area contributed by atoms with Gasteiger partial charge in [-0.25, -0.2) is 9.24 Å². The fraction of sp³-hybridized carbons (Fsp3) is 0.613. The quantitative estimate of drug-likeness (QED) is 0.0674. The van der Waals surface area contributed by atoms with Crippen LogP contribution in [0.1, 0.15) is 169 Å². The maximum absolute atomic E-state index is 13.6. The Labute approximate surface area is 482 Å². The van der Waals surface area contributed by atoms with Gasteiger partial charge in [0, 0.05) is 36.3 Å². The summed E-state index contributed by atoms with van der Waals surface area (Å²) in [5.41, 5.74) is 8.83. The lowest BCUT2D eigenvalue weighted by Crippen LogP contribution is -2.29. The Morgan fingerprint density at radius 2 is 0.938 bits per heavy atom. The minimum Gasteiger partial charge on any atom is -0.493 e. The molecule has 80 heavy (non-hydrogen) atoms. The van der Waals surface area contributed by atoms with E-state index in [0.717, 1.165) is 96.4 Å². The molecule has 4 aromatic rings. The van der Waals surface area contributed by atoms with Gasteiger partial charge in [0.25, 0.3) is 8.53 Å². The third-order valence-corrected chi connectivity index (χ3v) is 17.1. The van der Waals surface area contributed by atoms with Crippen LogP contribution in [0.25, 0.3) is 22.3 Å². The molecule has 0 radical (unpaired) electrons. The Morgan fingerprint density at radius 3 is 1.26 bits per heavy atom. The van der Waals surface area contributed by atoms with Crippen LogP contribution in [0.5, 0.6) is 34.5 Å². The number of nitrogens with zero attached hydrogens (tertiary/aromatic N) is 1. The Hall–Kier alpha value is -4.02. The molecule has 2 atom stereocenters. The largest absolute Gasteiger partial charge is 0.493 e. The molecule has 0 unspecified atom stereocenters. The molecule has 0 saturated carbocycles. The van der Waals surface area contributed by atoms with Crippen LogP contribution >= 0.6 is 16.3 Å². The van der Waals surface area contributed by atoms with Gasteiger partial charge in [0.05, 0.1) is 78.3 Å². The Morgan fingerprint density at radius 1 is 0.550 bits per heavy atom. The van der Waals surface area contributed by atoms with Gasteiger partial charge in [-0.05, 0) is 178 Å². The molecule has 0 saturated heterocycles. The van der Waals surface area contributed by atoms with Gasteiger partial charge in [-0.3, -0.25) is 13.6 Å². The van der Waals surface area contributed by atoms with Gasteiger partial charge in [-0.1, -0.05) is 64.1 Å². The first-order valence-electron chi connectivity index (χ1n) is 28.1. The monoisotopic (exact) mass is 1160 g/mol. The van der Waals surface area contributed by atoms with Gasteiger partial charge in [-0.2, -0.15) is 0 Å². The van der Waals surface area contributed by atoms with Crippen molar-refractivity contribution in [3.8, 4) is 56.8 Å². The molecular formula is C62H99N3O13P2. The number of hydrogen-bond donors (Lipinski definition) is 3. The van der Waals surface area contributed by atoms with Crippen LogP contribution in [-0.4, -0.2) is 101 Å². The van der Waals surface area contributed by atoms with E-state index in [1.54, 1.807) is 42.7 Å². The first-order valence-corrected chi connectivity index (χ1v) is 30.7. The number of phosphoric ester groups is 1. The number of benzene rings is 4. The molecule has 0 heterocycles. The summed E-state index contributed by atoms with van der Waals surface area (Å²) in [7, 11) is 5.01. The number of hydrogen-bond acceptors (Lipinski definition) is 16. The highest BCUT2D eigenvalue weighted by Crippen LogP contribution is 2.57. The van der Waals surface area contributed by atoms with Crippen molar-refractivity contribution < 1.29 is 60.7 Å². The van der Waals surface area contributed by atoms with E-state index in [2.05, 4.69) is 115 Å². The summed E-state index contributed by atoms with van der Waals surface area (Å²) in [5.74, 6) is 3.83. The Bertz CT molecular complexity index is 2620. The second-order valence-electron chi connectivity index (χ2n) is 23.6. The predicted molar refractivity (Wildman–Crippen MR) is 324 cm³/mol. The molecule has 6 rings (SSSR count). The van der Waals surface area contributed by atoms with E-state index in [-0.39, 0.29) is 36.5 Å². The lowest BCUT2D eigenvalue weighted by Gasteiger charge is -2.36. The molecule has 0 fully saturated rings. The predicted octanol–water partition coefficient (Wildman–Crippen LogP) is 14.9. The van der Waals surface area contributed by atoms with Gasteiger partial charge in [-0.15, -0.1) is 0 Å². The van der Waals surface area contributed by atoms with Crippen molar-refractivity contribution in [3.05, 3.63) is 81.9 Å². The molecule has 0 spiro atoms. The molecular weight excluding hydrogens is 1060 g/mol. The first-order chi connectivity index (χ1) is 37.5. The molecule has 0 amide bonds. The Balaban J connectivity index is 0.000000283. The number of methoxy groups -OCH3 is 6. The molecule has 0 aromatic heterocycles. The van der Waals surface area contributed by atoms with Crippen molar-refractivity contribution in [1.82, 2.24) is 15.3 Å². The van der Waals surface area contributed by atoms with Gasteiger partial charge in [0.15, 0.2) is 23.0 Å². The third kappa shape index (κ3) is 19.0. The maximum atomic E-state index is 13.6. The topological polar surface area (TPSA) is 166 Å². The minimum atomic E-state index is -3.84. The summed E-state index contributed by atoms with van der Waals surface area (Å²) in [5, 5.41) is 16.8. The highest BCUT2D eigenvalue weighted by Gasteiger charge is 2.38. The molecule has 4 aromatic carbocycles. The summed E-state index contributed by atoms with van der Waals surface area (Å²) in [6.45, 7) is 35.6. The summed E-state index contributed by atoms with van der Waals surface area (Å²) in [6, 6.07) is 16.7. The van der Waals surface area contributed by atoms with Crippen LogP contribution in [0.2, 0.25) is 0 Å². The molecule has 0 bridgehead atoms. The standard InChI is InChI=1S/C29H44NO7P.C21H27NO4.C12H28NO2P/c1-11-30-23-15-13-20-17-24(32-8)26(33-9)27(34-10)25(20)21-14-12-19(16-22(21)23)18-35-38(31,36-28(2,3)4)37-29(5,6)7;1-5-22-17-9-7-14-11-18(24-2)20(25-3)21(26-4)19(14)15-8-6-13(12-23)10-16(15)17;1-9-13(10-2)16(14-11(3,4)5)15-12(6,7)8/h12,14,16-17,23,30H,11,13,15,18H2,1-10H3;6,8,10-11,17,22-23H,5,7,9,12H2,1-4H3;9-10H2,1-8H3/t23-;17-;/m00./s1. The van der Waals surface area contributed by atoms with Crippen LogP contribution in [0.3, 0.4) is 0 Å². The number of aliphatic hydroxyl groups is 1. The number of aryl methyl sites for hydroxylation is 2. The van der Waals surface area contributed by atoms with Crippen molar-refractivity contribution in [2.75, 3.05) is 68.8 Å². The van der Waals surface area contributed by atoms with Gasteiger partial charge >= 0.3 is 7.82 Å². The van der Waals surface area contributed by atoms with E-state index >= 15 is 0 Å². The van der Waals surface area contributed by atoms with Crippen LogP contribution < -0.4 is 39.1 Å². The van der Waals surface area contributed by atoms with Gasteiger partial charge < -0.3 is 53.2 Å². The average molecular weight is 1160 g/mol. The highest BCUT2D eigenvalue weighted by molar-refractivity contribution is 7.48. The summed E-state index contributed by atoms with van der Waals surface area (Å²) in [6.07, 6.45) is 3.57. The lowest BCUT2D eigenvalue weighted by atomic mass is 9.92. The van der Waals surface area contributed by atoms with Crippen molar-refractivity contribution in [1.29, 1.82) is 0 Å². The number of rotatable bonds is 21. The summed E-state index contributed by atoms with van der Waals surface area (Å²) >= 11 is 0. The van der Waals surface area contributed by atoms with Crippen molar-refractivity contribution in [3.63, 3.8) is 0 Å². The zero-order valence-electron chi connectivity index (χ0n) is 52.5. The van der Waals surface area contributed by atoms with E-state index in [9.17, 15) is 9.67 Å². The fourth-order valence-electron chi connectivity index (χ4n) is 9.62. The third-order valence-electron chi connectivity index (χ3n) is 12.7. The zero-order chi connectivity index (χ0) is 60.0. The minimum absolute atomic E-state index is 0.0298. The number of aliphatic hydroxyl groups excluding tert-OH is 1. The fourth-order valence-corrected chi connectivity index (χ4v) is 13.1. The maximum Gasteiger partial charge on any atom is 0.476 e. The first kappa shape index (κ1) is 68.5. The Kier molecular flexibility index (Phi) is 25.7. The number of fused-ring (bicyclic) bond motifs is 6. The molecule has 2 aliphatic carbocycles. The zero-order valence-corrected chi connectivity index (χ0v) is 54.3. The highest BCUT2D eigenvalue weighted by atomic mass is 31.2. The van der Waals surface area contributed by atoms with Crippen LogP contribution in [0.15, 0.2) is 48.5 Å². The molecule has 16 nitrogen and oxygen atoms in total. The molecule has 18 heteroatoms. The van der Waals surface area contributed by atoms with Gasteiger partial charge in [0.1, 0.15) is 0 Å². The smallest absolute Gasteiger partial charge is 0.476 e.